The van der Waals surface area contributed by atoms with Gasteiger partial charge in [0.25, 0.3) is 0 Å². The lowest BCUT2D eigenvalue weighted by atomic mass is 9.96. The first-order chi connectivity index (χ1) is 14.3. The predicted octanol–water partition coefficient (Wildman–Crippen LogP) is 5.84. The van der Waals surface area contributed by atoms with Gasteiger partial charge in [-0.2, -0.15) is 0 Å². The van der Waals surface area contributed by atoms with E-state index in [4.69, 9.17) is 23.4 Å². The van der Waals surface area contributed by atoms with E-state index in [1.807, 2.05) is 25.1 Å². The van der Waals surface area contributed by atoms with E-state index >= 15 is 0 Å². The van der Waals surface area contributed by atoms with Crippen LogP contribution in [0.1, 0.15) is 56.3 Å². The van der Waals surface area contributed by atoms with Gasteiger partial charge < -0.3 is 23.4 Å². The maximum atomic E-state index is 11.8. The third-order valence-electron chi connectivity index (χ3n) is 5.12. The van der Waals surface area contributed by atoms with Gasteiger partial charge in [-0.25, -0.2) is 0 Å². The lowest BCUT2D eigenvalue weighted by Crippen LogP contribution is -2.12. The SMILES string of the molecule is COc1c(C(CC(C)C)OC(C)=O)ccc2oc3c(C(OC)OC)cc(C)cc3c12. The molecule has 1 heterocycles. The highest BCUT2D eigenvalue weighted by Crippen LogP contribution is 2.44. The van der Waals surface area contributed by atoms with Crippen LogP contribution in [-0.4, -0.2) is 27.3 Å². The fourth-order valence-electron chi connectivity index (χ4n) is 4.00. The molecule has 0 N–H and O–H groups in total. The number of fused-ring (bicyclic) bond motifs is 3. The molecular formula is C24H30O6. The molecule has 6 heteroatoms. The lowest BCUT2D eigenvalue weighted by molar-refractivity contribution is -0.147. The molecule has 3 aromatic rings. The van der Waals surface area contributed by atoms with Gasteiger partial charge in [-0.1, -0.05) is 13.8 Å². The number of carbonyl (C=O) groups is 1. The Bertz CT molecular complexity index is 1040. The van der Waals surface area contributed by atoms with Crippen LogP contribution < -0.4 is 4.74 Å². The van der Waals surface area contributed by atoms with Crippen LogP contribution in [0.3, 0.4) is 0 Å². The number of hydrogen-bond donors (Lipinski definition) is 0. The number of ether oxygens (including phenoxy) is 4. The van der Waals surface area contributed by atoms with Crippen molar-refractivity contribution in [3.63, 3.8) is 0 Å². The molecule has 162 valence electrons. The molecule has 0 aliphatic heterocycles. The topological polar surface area (TPSA) is 67.1 Å². The summed E-state index contributed by atoms with van der Waals surface area (Å²) < 4.78 is 28.7. The molecule has 1 atom stereocenters. The fourth-order valence-corrected chi connectivity index (χ4v) is 4.00. The van der Waals surface area contributed by atoms with Gasteiger partial charge in [0.15, 0.2) is 6.29 Å². The molecule has 0 spiro atoms. The normalized spacial score (nSPS) is 12.8. The predicted molar refractivity (Wildman–Crippen MR) is 116 cm³/mol. The van der Waals surface area contributed by atoms with E-state index < -0.39 is 12.4 Å². The largest absolute Gasteiger partial charge is 0.496 e. The highest BCUT2D eigenvalue weighted by atomic mass is 16.7. The molecule has 30 heavy (non-hydrogen) atoms. The van der Waals surface area contributed by atoms with Gasteiger partial charge in [0.05, 0.1) is 18.1 Å². The van der Waals surface area contributed by atoms with Gasteiger partial charge in [0.1, 0.15) is 23.0 Å². The summed E-state index contributed by atoms with van der Waals surface area (Å²) in [5.74, 6) is 0.677. The van der Waals surface area contributed by atoms with Crippen molar-refractivity contribution in [1.29, 1.82) is 0 Å². The Morgan fingerprint density at radius 2 is 1.77 bits per heavy atom. The van der Waals surface area contributed by atoms with Crippen LogP contribution in [0.25, 0.3) is 21.9 Å². The molecule has 6 nitrogen and oxygen atoms in total. The standard InChI is InChI=1S/C24H30O6/c1-13(2)10-20(29-15(4)25)16-8-9-19-21(23(16)26-5)17-11-14(3)12-18(22(17)30-19)24(27-6)28-7/h8-9,11-13,20,24H,10H2,1-7H3. The second-order valence-corrected chi connectivity index (χ2v) is 7.93. The molecule has 0 aliphatic carbocycles. The molecule has 1 unspecified atom stereocenters. The van der Waals surface area contributed by atoms with Crippen LogP contribution in [-0.2, 0) is 19.0 Å². The van der Waals surface area contributed by atoms with Crippen molar-refractivity contribution >= 4 is 27.9 Å². The number of methoxy groups -OCH3 is 3. The van der Waals surface area contributed by atoms with E-state index in [2.05, 4.69) is 19.9 Å². The van der Waals surface area contributed by atoms with E-state index in [9.17, 15) is 4.79 Å². The number of benzene rings is 2. The lowest BCUT2D eigenvalue weighted by Gasteiger charge is -2.22. The Balaban J connectivity index is 2.31. The first-order valence-electron chi connectivity index (χ1n) is 10.1. The molecular weight excluding hydrogens is 384 g/mol. The second kappa shape index (κ2) is 9.06. The Kier molecular flexibility index (Phi) is 6.68. The number of rotatable bonds is 8. The fraction of sp³-hybridized carbons (Fsp3) is 0.458. The van der Waals surface area contributed by atoms with E-state index in [1.165, 1.54) is 6.92 Å². The highest BCUT2D eigenvalue weighted by Gasteiger charge is 2.26. The zero-order chi connectivity index (χ0) is 22.0. The Morgan fingerprint density at radius 3 is 2.33 bits per heavy atom. The Morgan fingerprint density at radius 1 is 1.07 bits per heavy atom. The summed E-state index contributed by atoms with van der Waals surface area (Å²) in [6.45, 7) is 7.64. The van der Waals surface area contributed by atoms with Crippen molar-refractivity contribution < 1.29 is 28.2 Å². The van der Waals surface area contributed by atoms with Crippen LogP contribution >= 0.6 is 0 Å². The molecule has 0 radical (unpaired) electrons. The van der Waals surface area contributed by atoms with E-state index in [1.54, 1.807) is 21.3 Å². The quantitative estimate of drug-likeness (QED) is 0.340. The summed E-state index contributed by atoms with van der Waals surface area (Å²) in [5, 5.41) is 1.76. The van der Waals surface area contributed by atoms with Crippen LogP contribution in [0.4, 0.5) is 0 Å². The minimum atomic E-state index is -0.548. The monoisotopic (exact) mass is 414 g/mol. The molecule has 3 rings (SSSR count). The van der Waals surface area contributed by atoms with Crippen LogP contribution in [0.15, 0.2) is 28.7 Å². The van der Waals surface area contributed by atoms with Crippen molar-refractivity contribution in [2.75, 3.05) is 21.3 Å². The van der Waals surface area contributed by atoms with E-state index in [0.29, 0.717) is 29.3 Å². The number of aryl methyl sites for hydroxylation is 1. The zero-order valence-corrected chi connectivity index (χ0v) is 18.7. The summed E-state index contributed by atoms with van der Waals surface area (Å²) in [4.78, 5) is 11.8. The van der Waals surface area contributed by atoms with Gasteiger partial charge in [-0.3, -0.25) is 4.79 Å². The van der Waals surface area contributed by atoms with E-state index in [0.717, 1.165) is 27.5 Å². The maximum absolute atomic E-state index is 11.8. The van der Waals surface area contributed by atoms with Crippen molar-refractivity contribution in [3.05, 3.63) is 41.0 Å². The third kappa shape index (κ3) is 4.16. The van der Waals surface area contributed by atoms with E-state index in [-0.39, 0.29) is 5.97 Å². The average molecular weight is 414 g/mol. The number of furan rings is 1. The molecule has 2 aromatic carbocycles. The van der Waals surface area contributed by atoms with Gasteiger partial charge in [-0.05, 0) is 49.1 Å². The number of hydrogen-bond acceptors (Lipinski definition) is 6. The molecule has 0 fully saturated rings. The van der Waals surface area contributed by atoms with Gasteiger partial charge in [0, 0.05) is 32.1 Å². The maximum Gasteiger partial charge on any atom is 0.303 e. The highest BCUT2D eigenvalue weighted by molar-refractivity contribution is 6.10. The van der Waals surface area contributed by atoms with Crippen molar-refractivity contribution in [2.45, 2.75) is 46.5 Å². The molecule has 1 aromatic heterocycles. The molecule has 0 bridgehead atoms. The Hall–Kier alpha value is -2.57. The first kappa shape index (κ1) is 22.1. The summed E-state index contributed by atoms with van der Waals surface area (Å²) in [6, 6.07) is 7.87. The summed E-state index contributed by atoms with van der Waals surface area (Å²) >= 11 is 0. The second-order valence-electron chi connectivity index (χ2n) is 7.93. The minimum absolute atomic E-state index is 0.319. The van der Waals surface area contributed by atoms with Crippen molar-refractivity contribution in [1.82, 2.24) is 0 Å². The van der Waals surface area contributed by atoms with Crippen LogP contribution in [0.2, 0.25) is 0 Å². The smallest absolute Gasteiger partial charge is 0.303 e. The summed E-state index contributed by atoms with van der Waals surface area (Å²) in [7, 11) is 4.82. The third-order valence-corrected chi connectivity index (χ3v) is 5.12. The summed E-state index contributed by atoms with van der Waals surface area (Å²) in [6.07, 6.45) is -0.258. The van der Waals surface area contributed by atoms with Gasteiger partial charge >= 0.3 is 5.97 Å². The molecule has 0 aliphatic rings. The molecule has 0 saturated carbocycles. The summed E-state index contributed by atoms with van der Waals surface area (Å²) in [5.41, 5.74) is 4.07. The van der Waals surface area contributed by atoms with Gasteiger partial charge in [0.2, 0.25) is 0 Å². The number of carbonyl (C=O) groups excluding carboxylic acids is 1. The first-order valence-corrected chi connectivity index (χ1v) is 10.1. The van der Waals surface area contributed by atoms with Crippen LogP contribution in [0.5, 0.6) is 5.75 Å². The van der Waals surface area contributed by atoms with Gasteiger partial charge in [-0.15, -0.1) is 0 Å². The molecule has 0 saturated heterocycles. The van der Waals surface area contributed by atoms with Crippen molar-refractivity contribution in [2.24, 2.45) is 5.92 Å². The zero-order valence-electron chi connectivity index (χ0n) is 18.7. The number of esters is 1. The molecule has 0 amide bonds. The van der Waals surface area contributed by atoms with Crippen molar-refractivity contribution in [3.8, 4) is 5.75 Å². The van der Waals surface area contributed by atoms with Crippen LogP contribution in [0, 0.1) is 12.8 Å². The Labute approximate surface area is 177 Å². The minimum Gasteiger partial charge on any atom is -0.496 e. The average Bonchev–Trinajstić information content (AvgIpc) is 3.05.